The van der Waals surface area contributed by atoms with Crippen molar-refractivity contribution in [2.45, 2.75) is 23.6 Å². The molecule has 1 atom stereocenters. The highest BCUT2D eigenvalue weighted by atomic mass is 32.2. The average molecular weight is 418 g/mol. The maximum absolute atomic E-state index is 12.7. The van der Waals surface area contributed by atoms with Crippen molar-refractivity contribution in [1.82, 2.24) is 0 Å². The van der Waals surface area contributed by atoms with E-state index in [1.165, 1.54) is 11.8 Å². The van der Waals surface area contributed by atoms with Crippen molar-refractivity contribution < 1.29 is 9.59 Å². The third kappa shape index (κ3) is 4.49. The lowest BCUT2D eigenvalue weighted by atomic mass is 10.1. The van der Waals surface area contributed by atoms with E-state index in [9.17, 15) is 9.59 Å². The first-order chi connectivity index (χ1) is 14.5. The van der Waals surface area contributed by atoms with E-state index in [1.54, 1.807) is 12.1 Å². The Hall–Kier alpha value is -3.25. The van der Waals surface area contributed by atoms with Gasteiger partial charge in [-0.05, 0) is 55.0 Å². The summed E-state index contributed by atoms with van der Waals surface area (Å²) in [6.07, 6.45) is 0. The van der Waals surface area contributed by atoms with E-state index >= 15 is 0 Å². The van der Waals surface area contributed by atoms with Crippen molar-refractivity contribution in [2.75, 3.05) is 22.6 Å². The number of benzene rings is 3. The predicted molar refractivity (Wildman–Crippen MR) is 123 cm³/mol. The summed E-state index contributed by atoms with van der Waals surface area (Å²) in [6, 6.07) is 23.4. The van der Waals surface area contributed by atoms with Crippen LogP contribution in [-0.2, 0) is 11.3 Å². The van der Waals surface area contributed by atoms with E-state index in [0.717, 1.165) is 28.4 Å². The fourth-order valence-electron chi connectivity index (χ4n) is 3.29. The lowest BCUT2D eigenvalue weighted by Crippen LogP contribution is -2.26. The number of hydrogen-bond acceptors (Lipinski definition) is 4. The Balaban J connectivity index is 1.40. The Morgan fingerprint density at radius 1 is 1.07 bits per heavy atom. The highest BCUT2D eigenvalue weighted by molar-refractivity contribution is 8.00. The number of carbonyl (C=O) groups is 2. The number of anilines is 3. The van der Waals surface area contributed by atoms with E-state index in [4.69, 9.17) is 0 Å². The highest BCUT2D eigenvalue weighted by Gasteiger charge is 2.23. The average Bonchev–Trinajstić information content (AvgIpc) is 2.76. The van der Waals surface area contributed by atoms with Gasteiger partial charge in [-0.25, -0.2) is 0 Å². The molecule has 0 saturated carbocycles. The van der Waals surface area contributed by atoms with Crippen molar-refractivity contribution in [3.8, 4) is 0 Å². The number of carbonyl (C=O) groups excluding carboxylic acids is 2. The van der Waals surface area contributed by atoms with Gasteiger partial charge in [0.15, 0.2) is 0 Å². The van der Waals surface area contributed by atoms with Crippen LogP contribution in [0.4, 0.5) is 17.1 Å². The van der Waals surface area contributed by atoms with E-state index < -0.39 is 0 Å². The number of para-hydroxylation sites is 1. The summed E-state index contributed by atoms with van der Waals surface area (Å²) in [5, 5.41) is 5.66. The lowest BCUT2D eigenvalue weighted by molar-refractivity contribution is -0.115. The Labute approximate surface area is 180 Å². The van der Waals surface area contributed by atoms with Gasteiger partial charge < -0.3 is 15.5 Å². The molecule has 0 bridgehead atoms. The van der Waals surface area contributed by atoms with Crippen molar-refractivity contribution in [1.29, 1.82) is 0 Å². The first-order valence-corrected chi connectivity index (χ1v) is 10.7. The van der Waals surface area contributed by atoms with Crippen molar-refractivity contribution in [3.05, 3.63) is 83.9 Å². The molecule has 0 spiro atoms. The first kappa shape index (κ1) is 20.0. The molecule has 0 saturated heterocycles. The monoisotopic (exact) mass is 417 g/mol. The Kier molecular flexibility index (Phi) is 5.77. The maximum atomic E-state index is 12.7. The molecule has 6 heteroatoms. The Morgan fingerprint density at radius 2 is 1.80 bits per heavy atom. The third-order valence-electron chi connectivity index (χ3n) is 5.00. The van der Waals surface area contributed by atoms with Crippen LogP contribution in [0.1, 0.15) is 22.8 Å². The molecule has 1 aliphatic rings. The fraction of sp³-hybridized carbons (Fsp3) is 0.167. The van der Waals surface area contributed by atoms with Gasteiger partial charge in [-0.1, -0.05) is 30.3 Å². The largest absolute Gasteiger partial charge is 0.370 e. The van der Waals surface area contributed by atoms with Crippen LogP contribution in [-0.4, -0.2) is 24.1 Å². The molecule has 152 valence electrons. The Morgan fingerprint density at radius 3 is 2.53 bits per heavy atom. The number of hydrogen-bond donors (Lipinski definition) is 2. The fourth-order valence-corrected chi connectivity index (χ4v) is 4.22. The molecule has 1 unspecified atom stereocenters. The van der Waals surface area contributed by atoms with Gasteiger partial charge in [0.2, 0.25) is 5.91 Å². The summed E-state index contributed by atoms with van der Waals surface area (Å²) in [7, 11) is 2.05. The van der Waals surface area contributed by atoms with Gasteiger partial charge in [0.1, 0.15) is 0 Å². The second kappa shape index (κ2) is 8.63. The zero-order chi connectivity index (χ0) is 21.1. The van der Waals surface area contributed by atoms with Crippen LogP contribution in [0, 0.1) is 0 Å². The SMILES string of the molecule is CC1Sc2ccc(C(=O)Nc3ccc(CN(C)c4ccccc4)cc3)cc2NC1=O. The van der Waals surface area contributed by atoms with E-state index in [2.05, 4.69) is 34.7 Å². The normalized spacial score (nSPS) is 15.1. The van der Waals surface area contributed by atoms with Gasteiger partial charge in [-0.15, -0.1) is 11.8 Å². The van der Waals surface area contributed by atoms with Crippen LogP contribution in [0.3, 0.4) is 0 Å². The topological polar surface area (TPSA) is 61.4 Å². The van der Waals surface area contributed by atoms with Gasteiger partial charge in [0.25, 0.3) is 5.91 Å². The van der Waals surface area contributed by atoms with Crippen LogP contribution >= 0.6 is 11.8 Å². The molecular formula is C24H23N3O2S. The van der Waals surface area contributed by atoms with E-state index in [-0.39, 0.29) is 17.1 Å². The number of amides is 2. The smallest absolute Gasteiger partial charge is 0.255 e. The molecule has 0 aliphatic carbocycles. The second-order valence-electron chi connectivity index (χ2n) is 7.30. The zero-order valence-electron chi connectivity index (χ0n) is 16.9. The molecular weight excluding hydrogens is 394 g/mol. The molecule has 0 radical (unpaired) electrons. The van der Waals surface area contributed by atoms with Crippen molar-refractivity contribution in [3.63, 3.8) is 0 Å². The summed E-state index contributed by atoms with van der Waals surface area (Å²) in [4.78, 5) is 27.7. The minimum Gasteiger partial charge on any atom is -0.370 e. The van der Waals surface area contributed by atoms with Crippen LogP contribution in [0.25, 0.3) is 0 Å². The number of fused-ring (bicyclic) bond motifs is 1. The van der Waals surface area contributed by atoms with E-state index in [1.807, 2.05) is 55.5 Å². The molecule has 3 aromatic rings. The van der Waals surface area contributed by atoms with Gasteiger partial charge in [-0.3, -0.25) is 9.59 Å². The molecule has 2 N–H and O–H groups in total. The summed E-state index contributed by atoms with van der Waals surface area (Å²) < 4.78 is 0. The van der Waals surface area contributed by atoms with Crippen LogP contribution in [0.15, 0.2) is 77.7 Å². The summed E-state index contributed by atoms with van der Waals surface area (Å²) in [6.45, 7) is 2.64. The standard InChI is InChI=1S/C24H23N3O2S/c1-16-23(28)26-21-14-18(10-13-22(21)30-16)24(29)25-19-11-8-17(9-12-19)15-27(2)20-6-4-3-5-7-20/h3-14,16H,15H2,1-2H3,(H,25,29)(H,26,28). The van der Waals surface area contributed by atoms with Crippen LogP contribution < -0.4 is 15.5 Å². The molecule has 1 aliphatic heterocycles. The molecule has 0 fully saturated rings. The number of nitrogens with one attached hydrogen (secondary N) is 2. The number of nitrogens with zero attached hydrogens (tertiary/aromatic N) is 1. The summed E-state index contributed by atoms with van der Waals surface area (Å²) >= 11 is 1.50. The Bertz CT molecular complexity index is 1070. The zero-order valence-corrected chi connectivity index (χ0v) is 17.7. The summed E-state index contributed by atoms with van der Waals surface area (Å²) in [5.41, 5.74) is 4.24. The number of rotatable bonds is 5. The minimum absolute atomic E-state index is 0.0406. The molecule has 5 nitrogen and oxygen atoms in total. The highest BCUT2D eigenvalue weighted by Crippen LogP contribution is 2.36. The van der Waals surface area contributed by atoms with Crippen LogP contribution in [0.5, 0.6) is 0 Å². The molecule has 4 rings (SSSR count). The molecule has 0 aromatic heterocycles. The van der Waals surface area contributed by atoms with Crippen molar-refractivity contribution in [2.24, 2.45) is 0 Å². The molecule has 2 amide bonds. The van der Waals surface area contributed by atoms with Crippen LogP contribution in [0.2, 0.25) is 0 Å². The maximum Gasteiger partial charge on any atom is 0.255 e. The van der Waals surface area contributed by atoms with Gasteiger partial charge in [0.05, 0.1) is 10.9 Å². The van der Waals surface area contributed by atoms with Gasteiger partial charge >= 0.3 is 0 Å². The van der Waals surface area contributed by atoms with Crippen molar-refractivity contribution >= 4 is 40.6 Å². The number of thioether (sulfide) groups is 1. The van der Waals surface area contributed by atoms with Gasteiger partial charge in [0, 0.05) is 35.4 Å². The lowest BCUT2D eigenvalue weighted by Gasteiger charge is -2.21. The quantitative estimate of drug-likeness (QED) is 0.613. The first-order valence-electron chi connectivity index (χ1n) is 9.77. The molecule has 3 aromatic carbocycles. The third-order valence-corrected chi connectivity index (χ3v) is 6.18. The van der Waals surface area contributed by atoms with Gasteiger partial charge in [-0.2, -0.15) is 0 Å². The minimum atomic E-state index is -0.204. The molecule has 30 heavy (non-hydrogen) atoms. The summed E-state index contributed by atoms with van der Waals surface area (Å²) in [5.74, 6) is -0.244. The van der Waals surface area contributed by atoms with E-state index in [0.29, 0.717) is 11.3 Å². The molecule has 1 heterocycles. The second-order valence-corrected chi connectivity index (χ2v) is 8.69. The predicted octanol–water partition coefficient (Wildman–Crippen LogP) is 5.01.